The minimum absolute atomic E-state index is 0.263. The van der Waals surface area contributed by atoms with E-state index < -0.39 is 0 Å². The van der Waals surface area contributed by atoms with Crippen molar-refractivity contribution in [3.8, 4) is 11.5 Å². The normalized spacial score (nSPS) is 23.0. The number of rotatable bonds is 5. The summed E-state index contributed by atoms with van der Waals surface area (Å²) in [5.74, 6) is 2.27. The number of hydrogen-bond donors (Lipinski definition) is 2. The number of aromatic hydroxyl groups is 1. The zero-order valence-corrected chi connectivity index (χ0v) is 12.9. The first kappa shape index (κ1) is 15.2. The van der Waals surface area contributed by atoms with E-state index in [9.17, 15) is 5.11 Å². The lowest BCUT2D eigenvalue weighted by Gasteiger charge is -2.35. The largest absolute Gasteiger partial charge is 0.504 e. The number of methoxy groups -OCH3 is 1. The van der Waals surface area contributed by atoms with Gasteiger partial charge in [0.25, 0.3) is 0 Å². The summed E-state index contributed by atoms with van der Waals surface area (Å²) in [6.45, 7) is 5.33. The summed E-state index contributed by atoms with van der Waals surface area (Å²) in [6.07, 6.45) is 5.23. The second-order valence-corrected chi connectivity index (χ2v) is 6.15. The molecule has 0 spiro atoms. The Morgan fingerprint density at radius 1 is 1.30 bits per heavy atom. The van der Waals surface area contributed by atoms with Crippen molar-refractivity contribution in [2.24, 2.45) is 11.8 Å². The quantitative estimate of drug-likeness (QED) is 0.862. The molecule has 2 N–H and O–H groups in total. The van der Waals surface area contributed by atoms with Gasteiger partial charge in [-0.05, 0) is 30.7 Å². The third-order valence-corrected chi connectivity index (χ3v) is 4.53. The van der Waals surface area contributed by atoms with E-state index in [4.69, 9.17) is 4.74 Å². The minimum Gasteiger partial charge on any atom is -0.504 e. The number of phenols is 1. The van der Waals surface area contributed by atoms with Crippen LogP contribution in [0.25, 0.3) is 0 Å². The van der Waals surface area contributed by atoms with Gasteiger partial charge in [-0.1, -0.05) is 38.8 Å². The molecule has 0 heterocycles. The van der Waals surface area contributed by atoms with Crippen LogP contribution in [0.3, 0.4) is 0 Å². The molecule has 20 heavy (non-hydrogen) atoms. The molecule has 1 aromatic rings. The van der Waals surface area contributed by atoms with Gasteiger partial charge >= 0.3 is 0 Å². The zero-order chi connectivity index (χ0) is 14.5. The summed E-state index contributed by atoms with van der Waals surface area (Å²) in [6, 6.07) is 6.24. The summed E-state index contributed by atoms with van der Waals surface area (Å²) in [7, 11) is 1.59. The summed E-state index contributed by atoms with van der Waals surface area (Å²) in [4.78, 5) is 0. The second-order valence-electron chi connectivity index (χ2n) is 6.15. The van der Waals surface area contributed by atoms with E-state index in [1.54, 1.807) is 13.2 Å². The van der Waals surface area contributed by atoms with Crippen molar-refractivity contribution in [3.63, 3.8) is 0 Å². The topological polar surface area (TPSA) is 41.5 Å². The van der Waals surface area contributed by atoms with Crippen LogP contribution in [0.1, 0.15) is 45.1 Å². The molecule has 1 aromatic carbocycles. The maximum Gasteiger partial charge on any atom is 0.162 e. The van der Waals surface area contributed by atoms with Gasteiger partial charge in [-0.2, -0.15) is 0 Å². The van der Waals surface area contributed by atoms with Crippen LogP contribution in [0.5, 0.6) is 11.5 Å². The average Bonchev–Trinajstić information content (AvgIpc) is 2.46. The number of benzene rings is 1. The van der Waals surface area contributed by atoms with E-state index >= 15 is 0 Å². The Labute approximate surface area is 122 Å². The molecule has 1 saturated carbocycles. The van der Waals surface area contributed by atoms with Crippen molar-refractivity contribution in [2.45, 2.75) is 52.1 Å². The Morgan fingerprint density at radius 3 is 2.75 bits per heavy atom. The molecule has 112 valence electrons. The number of hydrogen-bond acceptors (Lipinski definition) is 3. The van der Waals surface area contributed by atoms with Gasteiger partial charge in [0, 0.05) is 18.2 Å². The molecular weight excluding hydrogens is 250 g/mol. The first-order valence-electron chi connectivity index (χ1n) is 7.71. The monoisotopic (exact) mass is 277 g/mol. The van der Waals surface area contributed by atoms with Gasteiger partial charge in [-0.15, -0.1) is 0 Å². The van der Waals surface area contributed by atoms with E-state index in [-0.39, 0.29) is 5.75 Å². The van der Waals surface area contributed by atoms with E-state index in [0.717, 1.165) is 11.5 Å². The van der Waals surface area contributed by atoms with Crippen LogP contribution in [0, 0.1) is 11.8 Å². The molecule has 0 amide bonds. The molecule has 2 atom stereocenters. The van der Waals surface area contributed by atoms with E-state index in [2.05, 4.69) is 19.2 Å². The van der Waals surface area contributed by atoms with Crippen molar-refractivity contribution < 1.29 is 9.84 Å². The highest BCUT2D eigenvalue weighted by molar-refractivity contribution is 5.45. The molecule has 0 bridgehead atoms. The van der Waals surface area contributed by atoms with Crippen LogP contribution < -0.4 is 10.1 Å². The maximum atomic E-state index is 10.1. The smallest absolute Gasteiger partial charge is 0.162 e. The predicted molar refractivity (Wildman–Crippen MR) is 82.1 cm³/mol. The molecular formula is C17H27NO2. The van der Waals surface area contributed by atoms with Gasteiger partial charge in [0.15, 0.2) is 11.5 Å². The first-order valence-corrected chi connectivity index (χ1v) is 7.71. The van der Waals surface area contributed by atoms with E-state index in [0.29, 0.717) is 24.3 Å². The van der Waals surface area contributed by atoms with Crippen molar-refractivity contribution >= 4 is 0 Å². The number of phenolic OH excluding ortho intramolecular Hbond substituents is 1. The van der Waals surface area contributed by atoms with E-state index in [1.807, 2.05) is 12.1 Å². The van der Waals surface area contributed by atoms with Gasteiger partial charge in [-0.25, -0.2) is 0 Å². The van der Waals surface area contributed by atoms with Gasteiger partial charge < -0.3 is 15.2 Å². The fourth-order valence-electron chi connectivity index (χ4n) is 3.33. The molecule has 0 aliphatic heterocycles. The molecule has 2 rings (SSSR count). The molecule has 0 saturated heterocycles. The first-order chi connectivity index (χ1) is 9.63. The second kappa shape index (κ2) is 6.98. The van der Waals surface area contributed by atoms with Gasteiger partial charge in [-0.3, -0.25) is 0 Å². The van der Waals surface area contributed by atoms with Gasteiger partial charge in [0.05, 0.1) is 7.11 Å². The molecule has 3 nitrogen and oxygen atoms in total. The number of ether oxygens (including phenoxy) is 1. The summed E-state index contributed by atoms with van der Waals surface area (Å²) in [5, 5.41) is 13.8. The highest BCUT2D eigenvalue weighted by Gasteiger charge is 2.27. The lowest BCUT2D eigenvalue weighted by atomic mass is 9.78. The molecule has 2 unspecified atom stereocenters. The van der Waals surface area contributed by atoms with Gasteiger partial charge in [0.1, 0.15) is 0 Å². The van der Waals surface area contributed by atoms with Gasteiger partial charge in [0.2, 0.25) is 0 Å². The summed E-state index contributed by atoms with van der Waals surface area (Å²) >= 11 is 0. The Balaban J connectivity index is 2.00. The fraction of sp³-hybridized carbons (Fsp3) is 0.647. The molecule has 1 aliphatic carbocycles. The van der Waals surface area contributed by atoms with E-state index in [1.165, 1.54) is 25.7 Å². The summed E-state index contributed by atoms with van der Waals surface area (Å²) < 4.78 is 5.16. The Hall–Kier alpha value is -1.22. The highest BCUT2D eigenvalue weighted by Crippen LogP contribution is 2.32. The van der Waals surface area contributed by atoms with Crippen molar-refractivity contribution in [2.75, 3.05) is 7.11 Å². The van der Waals surface area contributed by atoms with Crippen LogP contribution in [0.4, 0.5) is 0 Å². The van der Waals surface area contributed by atoms with Crippen LogP contribution in [0.15, 0.2) is 18.2 Å². The fourth-order valence-corrected chi connectivity index (χ4v) is 3.33. The van der Waals surface area contributed by atoms with Crippen LogP contribution >= 0.6 is 0 Å². The Morgan fingerprint density at radius 2 is 2.05 bits per heavy atom. The number of nitrogens with one attached hydrogen (secondary N) is 1. The molecule has 0 aromatic heterocycles. The zero-order valence-electron chi connectivity index (χ0n) is 12.9. The lowest BCUT2D eigenvalue weighted by Crippen LogP contribution is -2.40. The lowest BCUT2D eigenvalue weighted by molar-refractivity contribution is 0.204. The van der Waals surface area contributed by atoms with Crippen LogP contribution in [0.2, 0.25) is 0 Å². The van der Waals surface area contributed by atoms with Crippen molar-refractivity contribution in [3.05, 3.63) is 23.8 Å². The third-order valence-electron chi connectivity index (χ3n) is 4.53. The minimum atomic E-state index is 0.263. The Kier molecular flexibility index (Phi) is 5.30. The van der Waals surface area contributed by atoms with Crippen molar-refractivity contribution in [1.29, 1.82) is 0 Å². The molecule has 1 fully saturated rings. The SMILES string of the molecule is COc1cccc(CNC2CCCCC2C(C)C)c1O. The molecule has 3 heteroatoms. The van der Waals surface area contributed by atoms with Crippen LogP contribution in [-0.4, -0.2) is 18.3 Å². The number of para-hydroxylation sites is 1. The summed E-state index contributed by atoms with van der Waals surface area (Å²) in [5.41, 5.74) is 0.914. The standard InChI is InChI=1S/C17H27NO2/c1-12(2)14-8-4-5-9-15(14)18-11-13-7-6-10-16(20-3)17(13)19/h6-7,10,12,14-15,18-19H,4-5,8-9,11H2,1-3H3. The molecule has 1 aliphatic rings. The maximum absolute atomic E-state index is 10.1. The highest BCUT2D eigenvalue weighted by atomic mass is 16.5. The average molecular weight is 277 g/mol. The predicted octanol–water partition coefficient (Wildman–Crippen LogP) is 3.71. The Bertz CT molecular complexity index is 431. The van der Waals surface area contributed by atoms with Crippen LogP contribution in [-0.2, 0) is 6.54 Å². The molecule has 0 radical (unpaired) electrons. The van der Waals surface area contributed by atoms with Crippen molar-refractivity contribution in [1.82, 2.24) is 5.32 Å². The third kappa shape index (κ3) is 3.45.